The summed E-state index contributed by atoms with van der Waals surface area (Å²) in [5.74, 6) is 1.35. The van der Waals surface area contributed by atoms with Crippen molar-refractivity contribution in [3.8, 4) is 0 Å². The van der Waals surface area contributed by atoms with Crippen LogP contribution in [0.1, 0.15) is 12.7 Å². The Morgan fingerprint density at radius 2 is 2.00 bits per heavy atom. The second kappa shape index (κ2) is 6.04. The third kappa shape index (κ3) is 3.46. The van der Waals surface area contributed by atoms with Crippen LogP contribution in [0.25, 0.3) is 0 Å². The summed E-state index contributed by atoms with van der Waals surface area (Å²) in [6, 6.07) is 7.41. The quantitative estimate of drug-likeness (QED) is 0.606. The van der Waals surface area contributed by atoms with Gasteiger partial charge in [-0.25, -0.2) is 9.97 Å². The maximum absolute atomic E-state index is 6.12. The van der Waals surface area contributed by atoms with Crippen molar-refractivity contribution in [2.45, 2.75) is 13.3 Å². The van der Waals surface area contributed by atoms with E-state index in [0.717, 1.165) is 15.7 Å². The van der Waals surface area contributed by atoms with Gasteiger partial charge in [-0.05, 0) is 40.8 Å². The summed E-state index contributed by atoms with van der Waals surface area (Å²) in [5, 5.41) is 4.22. The van der Waals surface area contributed by atoms with E-state index < -0.39 is 0 Å². The van der Waals surface area contributed by atoms with Crippen LogP contribution in [0.15, 0.2) is 24.3 Å². The minimum Gasteiger partial charge on any atom is -0.339 e. The summed E-state index contributed by atoms with van der Waals surface area (Å²) in [5.41, 5.74) is 0.806. The van der Waals surface area contributed by atoms with Gasteiger partial charge >= 0.3 is 0 Å². The fourth-order valence-corrected chi connectivity index (χ4v) is 2.28. The number of anilines is 2. The lowest BCUT2D eigenvalue weighted by Gasteiger charge is -2.09. The van der Waals surface area contributed by atoms with Crippen molar-refractivity contribution in [1.29, 1.82) is 0 Å². The molecule has 0 fully saturated rings. The molecule has 0 aliphatic heterocycles. The van der Waals surface area contributed by atoms with Crippen LogP contribution in [0.3, 0.4) is 0 Å². The first-order chi connectivity index (χ1) is 8.58. The van der Waals surface area contributed by atoms with E-state index in [0.29, 0.717) is 21.8 Å². The average Bonchev–Trinajstić information content (AvgIpc) is 2.33. The molecule has 0 saturated carbocycles. The summed E-state index contributed by atoms with van der Waals surface area (Å²) in [6.45, 7) is 1.98. The zero-order valence-electron chi connectivity index (χ0n) is 9.54. The number of aromatic nitrogens is 2. The first kappa shape index (κ1) is 13.8. The van der Waals surface area contributed by atoms with E-state index in [1.54, 1.807) is 6.07 Å². The summed E-state index contributed by atoms with van der Waals surface area (Å²) in [6.07, 6.45) is 0.731. The van der Waals surface area contributed by atoms with Crippen LogP contribution < -0.4 is 5.32 Å². The Balaban J connectivity index is 2.33. The molecule has 0 saturated heterocycles. The molecule has 0 unspecified atom stereocenters. The summed E-state index contributed by atoms with van der Waals surface area (Å²) < 4.78 is 1.09. The van der Waals surface area contributed by atoms with Crippen LogP contribution in [0, 0.1) is 3.57 Å². The van der Waals surface area contributed by atoms with Crippen LogP contribution >= 0.6 is 45.8 Å². The first-order valence-corrected chi connectivity index (χ1v) is 7.17. The highest BCUT2D eigenvalue weighted by Crippen LogP contribution is 2.27. The minimum absolute atomic E-state index is 0.422. The number of benzene rings is 1. The molecule has 1 N–H and O–H groups in total. The number of aryl methyl sites for hydroxylation is 1. The average molecular weight is 394 g/mol. The van der Waals surface area contributed by atoms with E-state index in [-0.39, 0.29) is 0 Å². The Bertz CT molecular complexity index is 575. The molecule has 94 valence electrons. The topological polar surface area (TPSA) is 37.8 Å². The van der Waals surface area contributed by atoms with Gasteiger partial charge in [0.2, 0.25) is 0 Å². The molecule has 2 rings (SSSR count). The molecule has 1 aromatic carbocycles. The zero-order valence-corrected chi connectivity index (χ0v) is 13.2. The molecule has 0 spiro atoms. The van der Waals surface area contributed by atoms with Gasteiger partial charge in [0.25, 0.3) is 0 Å². The van der Waals surface area contributed by atoms with Crippen molar-refractivity contribution in [1.82, 2.24) is 9.97 Å². The van der Waals surface area contributed by atoms with Gasteiger partial charge in [-0.2, -0.15) is 0 Å². The minimum atomic E-state index is 0.422. The molecular weight excluding hydrogens is 384 g/mol. The highest BCUT2D eigenvalue weighted by molar-refractivity contribution is 14.1. The zero-order chi connectivity index (χ0) is 13.1. The maximum atomic E-state index is 6.12. The summed E-state index contributed by atoms with van der Waals surface area (Å²) in [4.78, 5) is 8.46. The van der Waals surface area contributed by atoms with Crippen molar-refractivity contribution in [3.63, 3.8) is 0 Å². The number of nitrogens with zero attached hydrogens (tertiary/aromatic N) is 2. The van der Waals surface area contributed by atoms with Gasteiger partial charge in [0.1, 0.15) is 16.8 Å². The van der Waals surface area contributed by atoms with E-state index in [1.165, 1.54) is 0 Å². The van der Waals surface area contributed by atoms with E-state index in [1.807, 2.05) is 25.1 Å². The Hall–Kier alpha value is -0.590. The molecule has 0 bridgehead atoms. The molecule has 0 radical (unpaired) electrons. The molecule has 1 aromatic heterocycles. The van der Waals surface area contributed by atoms with Gasteiger partial charge in [0.15, 0.2) is 0 Å². The molecular formula is C12H10Cl2IN3. The Morgan fingerprint density at radius 3 is 2.72 bits per heavy atom. The number of hydrogen-bond acceptors (Lipinski definition) is 3. The predicted molar refractivity (Wildman–Crippen MR) is 83.9 cm³/mol. The Morgan fingerprint density at radius 1 is 1.22 bits per heavy atom. The van der Waals surface area contributed by atoms with Gasteiger partial charge in [-0.1, -0.05) is 30.1 Å². The molecule has 0 aliphatic carbocycles. The Labute approximate surface area is 129 Å². The normalized spacial score (nSPS) is 10.4. The molecule has 6 heteroatoms. The lowest BCUT2D eigenvalue weighted by molar-refractivity contribution is 0.943. The van der Waals surface area contributed by atoms with Gasteiger partial charge in [-0.3, -0.25) is 0 Å². The second-order valence-electron chi connectivity index (χ2n) is 3.59. The lowest BCUT2D eigenvalue weighted by Crippen LogP contribution is -2.00. The number of rotatable bonds is 3. The highest BCUT2D eigenvalue weighted by atomic mass is 127. The molecule has 3 nitrogen and oxygen atoms in total. The monoisotopic (exact) mass is 393 g/mol. The van der Waals surface area contributed by atoms with Crippen LogP contribution in [0.4, 0.5) is 11.5 Å². The van der Waals surface area contributed by atoms with Crippen molar-refractivity contribution < 1.29 is 0 Å². The van der Waals surface area contributed by atoms with E-state index >= 15 is 0 Å². The predicted octanol–water partition coefficient (Wildman–Crippen LogP) is 4.69. The van der Waals surface area contributed by atoms with Gasteiger partial charge in [0, 0.05) is 16.1 Å². The molecule has 18 heavy (non-hydrogen) atoms. The summed E-state index contributed by atoms with van der Waals surface area (Å²) in [7, 11) is 0. The van der Waals surface area contributed by atoms with E-state index in [9.17, 15) is 0 Å². The largest absolute Gasteiger partial charge is 0.339 e. The third-order valence-corrected chi connectivity index (χ3v) is 3.44. The number of hydrogen-bond donors (Lipinski definition) is 1. The van der Waals surface area contributed by atoms with Crippen molar-refractivity contribution >= 4 is 57.3 Å². The second-order valence-corrected chi connectivity index (χ2v) is 5.63. The molecule has 0 atom stereocenters. The smallest absolute Gasteiger partial charge is 0.135 e. The van der Waals surface area contributed by atoms with E-state index in [2.05, 4.69) is 37.9 Å². The fraction of sp³-hybridized carbons (Fsp3) is 0.167. The van der Waals surface area contributed by atoms with Crippen LogP contribution in [0.5, 0.6) is 0 Å². The summed E-state index contributed by atoms with van der Waals surface area (Å²) >= 11 is 14.3. The molecule has 1 heterocycles. The van der Waals surface area contributed by atoms with Crippen LogP contribution in [-0.4, -0.2) is 9.97 Å². The number of nitrogens with one attached hydrogen (secondary N) is 1. The molecule has 0 amide bonds. The van der Waals surface area contributed by atoms with Crippen molar-refractivity contribution in [3.05, 3.63) is 43.8 Å². The maximum Gasteiger partial charge on any atom is 0.135 e. The van der Waals surface area contributed by atoms with E-state index in [4.69, 9.17) is 23.2 Å². The SMILES string of the molecule is CCc1nc(Cl)cc(Nc2cc(I)ccc2Cl)n1. The lowest BCUT2D eigenvalue weighted by atomic mass is 10.3. The van der Waals surface area contributed by atoms with Crippen LogP contribution in [-0.2, 0) is 6.42 Å². The van der Waals surface area contributed by atoms with Gasteiger partial charge in [-0.15, -0.1) is 0 Å². The van der Waals surface area contributed by atoms with Crippen molar-refractivity contribution in [2.24, 2.45) is 0 Å². The Kier molecular flexibility index (Phi) is 4.64. The molecule has 2 aromatic rings. The highest BCUT2D eigenvalue weighted by Gasteiger charge is 2.05. The van der Waals surface area contributed by atoms with Crippen LogP contribution in [0.2, 0.25) is 10.2 Å². The van der Waals surface area contributed by atoms with Gasteiger partial charge < -0.3 is 5.32 Å². The third-order valence-electron chi connectivity index (χ3n) is 2.25. The number of halogens is 3. The fourth-order valence-electron chi connectivity index (χ4n) is 1.42. The van der Waals surface area contributed by atoms with Crippen molar-refractivity contribution in [2.75, 3.05) is 5.32 Å². The standard InChI is InChI=1S/C12H10Cl2IN3/c1-2-11-17-10(14)6-12(18-11)16-9-5-7(15)3-4-8(9)13/h3-6H,2H2,1H3,(H,16,17,18). The molecule has 0 aliphatic rings. The van der Waals surface area contributed by atoms with Gasteiger partial charge in [0.05, 0.1) is 10.7 Å². The first-order valence-electron chi connectivity index (χ1n) is 5.34.